The highest BCUT2D eigenvalue weighted by atomic mass is 32.2. The third-order valence-corrected chi connectivity index (χ3v) is 3.73. The molecule has 0 bridgehead atoms. The third-order valence-electron chi connectivity index (χ3n) is 2.50. The molecule has 0 saturated heterocycles. The van der Waals surface area contributed by atoms with Gasteiger partial charge in [0.05, 0.1) is 17.0 Å². The number of hydrogen-bond acceptors (Lipinski definition) is 5. The van der Waals surface area contributed by atoms with E-state index in [9.17, 15) is 4.79 Å². The van der Waals surface area contributed by atoms with E-state index in [1.165, 1.54) is 0 Å². The van der Waals surface area contributed by atoms with E-state index in [1.54, 1.807) is 18.7 Å². The molecule has 0 aliphatic carbocycles. The van der Waals surface area contributed by atoms with E-state index in [1.807, 2.05) is 24.3 Å². The second-order valence-electron chi connectivity index (χ2n) is 5.33. The molecule has 106 valence electrons. The van der Waals surface area contributed by atoms with Crippen molar-refractivity contribution in [1.29, 1.82) is 0 Å². The van der Waals surface area contributed by atoms with Gasteiger partial charge in [0.1, 0.15) is 0 Å². The maximum absolute atomic E-state index is 12.1. The average molecular weight is 290 g/mol. The zero-order valence-corrected chi connectivity index (χ0v) is 13.0. The Labute approximate surface area is 122 Å². The molecule has 1 heterocycles. The van der Waals surface area contributed by atoms with Gasteiger partial charge in [-0.05, 0) is 13.0 Å². The second-order valence-corrected chi connectivity index (χ2v) is 7.17. The number of fused-ring (bicyclic) bond motifs is 1. The van der Waals surface area contributed by atoms with Crippen molar-refractivity contribution in [2.45, 2.75) is 37.3 Å². The van der Waals surface area contributed by atoms with Gasteiger partial charge in [-0.1, -0.05) is 39.0 Å². The quantitative estimate of drug-likeness (QED) is 0.637. The van der Waals surface area contributed by atoms with Crippen molar-refractivity contribution in [2.24, 2.45) is 0 Å². The van der Waals surface area contributed by atoms with Crippen LogP contribution < -0.4 is 0 Å². The zero-order chi connectivity index (χ0) is 14.8. The van der Waals surface area contributed by atoms with Crippen LogP contribution >= 0.6 is 11.8 Å². The van der Waals surface area contributed by atoms with Gasteiger partial charge in [-0.2, -0.15) is 0 Å². The first-order valence-electron chi connectivity index (χ1n) is 6.54. The number of benzene rings is 1. The van der Waals surface area contributed by atoms with Crippen LogP contribution in [0.5, 0.6) is 0 Å². The Hall–Kier alpha value is -1.62. The van der Waals surface area contributed by atoms with E-state index in [4.69, 9.17) is 4.74 Å². The zero-order valence-electron chi connectivity index (χ0n) is 12.1. The maximum atomic E-state index is 12.1. The van der Waals surface area contributed by atoms with Crippen LogP contribution in [0.3, 0.4) is 0 Å². The molecule has 0 N–H and O–H groups in total. The summed E-state index contributed by atoms with van der Waals surface area (Å²) in [6, 6.07) is 7.70. The highest BCUT2D eigenvalue weighted by Gasteiger charge is 2.23. The van der Waals surface area contributed by atoms with Crippen LogP contribution in [0.1, 0.15) is 38.2 Å². The monoisotopic (exact) mass is 290 g/mol. The third kappa shape index (κ3) is 3.28. The Morgan fingerprint density at radius 2 is 1.95 bits per heavy atom. The van der Waals surface area contributed by atoms with Gasteiger partial charge in [0, 0.05) is 10.1 Å². The SMILES string of the molecule is CCOC(=O)c1nnc2ccccc2c1SC(C)(C)C. The van der Waals surface area contributed by atoms with Gasteiger partial charge in [0.15, 0.2) is 5.69 Å². The van der Waals surface area contributed by atoms with Crippen LogP contribution in [-0.4, -0.2) is 27.5 Å². The van der Waals surface area contributed by atoms with Gasteiger partial charge in [0.2, 0.25) is 0 Å². The first-order valence-corrected chi connectivity index (χ1v) is 7.35. The highest BCUT2D eigenvalue weighted by molar-refractivity contribution is 8.00. The summed E-state index contributed by atoms with van der Waals surface area (Å²) in [4.78, 5) is 12.9. The van der Waals surface area contributed by atoms with Crippen molar-refractivity contribution >= 4 is 28.6 Å². The molecule has 0 unspecified atom stereocenters. The lowest BCUT2D eigenvalue weighted by Crippen LogP contribution is -2.14. The summed E-state index contributed by atoms with van der Waals surface area (Å²) in [6.07, 6.45) is 0. The summed E-state index contributed by atoms with van der Waals surface area (Å²) in [5.74, 6) is -0.419. The Bertz CT molecular complexity index is 635. The van der Waals surface area contributed by atoms with Gasteiger partial charge in [0.25, 0.3) is 0 Å². The summed E-state index contributed by atoms with van der Waals surface area (Å²) >= 11 is 1.61. The second kappa shape index (κ2) is 5.79. The van der Waals surface area contributed by atoms with E-state index in [-0.39, 0.29) is 4.75 Å². The van der Waals surface area contributed by atoms with Crippen molar-refractivity contribution in [3.05, 3.63) is 30.0 Å². The first-order chi connectivity index (χ1) is 9.42. The number of thioether (sulfide) groups is 1. The standard InChI is InChI=1S/C15H18N2O2S/c1-5-19-14(18)12-13(20-15(2,3)4)10-8-6-7-9-11(10)16-17-12/h6-9H,5H2,1-4H3. The fourth-order valence-corrected chi connectivity index (χ4v) is 2.89. The number of esters is 1. The molecule has 1 aromatic carbocycles. The molecular formula is C15H18N2O2S. The lowest BCUT2D eigenvalue weighted by Gasteiger charge is -2.20. The molecule has 0 spiro atoms. The number of rotatable bonds is 3. The van der Waals surface area contributed by atoms with E-state index >= 15 is 0 Å². The largest absolute Gasteiger partial charge is 0.461 e. The van der Waals surface area contributed by atoms with Crippen LogP contribution in [0.25, 0.3) is 10.9 Å². The molecule has 0 fully saturated rings. The van der Waals surface area contributed by atoms with Crippen LogP contribution in [0.2, 0.25) is 0 Å². The van der Waals surface area contributed by atoms with E-state index in [0.717, 1.165) is 15.8 Å². The van der Waals surface area contributed by atoms with Crippen molar-refractivity contribution in [3.8, 4) is 0 Å². The predicted octanol–water partition coefficient (Wildman–Crippen LogP) is 3.70. The minimum absolute atomic E-state index is 0.0347. The smallest absolute Gasteiger partial charge is 0.360 e. The molecule has 0 amide bonds. The Morgan fingerprint density at radius 1 is 1.25 bits per heavy atom. The van der Waals surface area contributed by atoms with E-state index in [0.29, 0.717) is 12.3 Å². The number of carbonyl (C=O) groups is 1. The average Bonchev–Trinajstić information content (AvgIpc) is 2.37. The summed E-state index contributed by atoms with van der Waals surface area (Å²) in [5, 5.41) is 9.11. The number of nitrogens with zero attached hydrogens (tertiary/aromatic N) is 2. The Balaban J connectivity index is 2.61. The first kappa shape index (κ1) is 14.8. The van der Waals surface area contributed by atoms with Crippen molar-refractivity contribution in [1.82, 2.24) is 10.2 Å². The molecule has 0 saturated carbocycles. The molecule has 0 aliphatic heterocycles. The van der Waals surface area contributed by atoms with Gasteiger partial charge < -0.3 is 4.74 Å². The number of ether oxygens (including phenoxy) is 1. The van der Waals surface area contributed by atoms with Crippen molar-refractivity contribution < 1.29 is 9.53 Å². The highest BCUT2D eigenvalue weighted by Crippen LogP contribution is 2.37. The maximum Gasteiger partial charge on any atom is 0.360 e. The van der Waals surface area contributed by atoms with Gasteiger partial charge in [-0.25, -0.2) is 4.79 Å². The van der Waals surface area contributed by atoms with Gasteiger partial charge >= 0.3 is 5.97 Å². The molecular weight excluding hydrogens is 272 g/mol. The van der Waals surface area contributed by atoms with Crippen LogP contribution in [-0.2, 0) is 4.74 Å². The van der Waals surface area contributed by atoms with Crippen molar-refractivity contribution in [2.75, 3.05) is 6.61 Å². The fourth-order valence-electron chi connectivity index (χ4n) is 1.77. The molecule has 2 rings (SSSR count). The number of aromatic nitrogens is 2. The van der Waals surface area contributed by atoms with E-state index in [2.05, 4.69) is 31.0 Å². The predicted molar refractivity (Wildman–Crippen MR) is 81.1 cm³/mol. The number of carbonyl (C=O) groups excluding carboxylic acids is 1. The van der Waals surface area contributed by atoms with E-state index < -0.39 is 5.97 Å². The Morgan fingerprint density at radius 3 is 2.60 bits per heavy atom. The minimum Gasteiger partial charge on any atom is -0.461 e. The summed E-state index contributed by atoms with van der Waals surface area (Å²) in [5.41, 5.74) is 1.08. The topological polar surface area (TPSA) is 52.1 Å². The van der Waals surface area contributed by atoms with Crippen LogP contribution in [0.4, 0.5) is 0 Å². The fraction of sp³-hybridized carbons (Fsp3) is 0.400. The summed E-state index contributed by atoms with van der Waals surface area (Å²) in [6.45, 7) is 8.40. The molecule has 4 nitrogen and oxygen atoms in total. The van der Waals surface area contributed by atoms with Crippen LogP contribution in [0.15, 0.2) is 29.2 Å². The molecule has 2 aromatic rings. The minimum atomic E-state index is -0.419. The molecule has 1 aromatic heterocycles. The van der Waals surface area contributed by atoms with Gasteiger partial charge in [-0.3, -0.25) is 0 Å². The van der Waals surface area contributed by atoms with Gasteiger partial charge in [-0.15, -0.1) is 22.0 Å². The lowest BCUT2D eigenvalue weighted by molar-refractivity contribution is 0.0514. The normalized spacial score (nSPS) is 11.6. The molecule has 0 atom stereocenters. The molecule has 20 heavy (non-hydrogen) atoms. The molecule has 5 heteroatoms. The van der Waals surface area contributed by atoms with Crippen LogP contribution in [0, 0.1) is 0 Å². The number of hydrogen-bond donors (Lipinski definition) is 0. The van der Waals surface area contributed by atoms with Crippen molar-refractivity contribution in [3.63, 3.8) is 0 Å². The summed E-state index contributed by atoms with van der Waals surface area (Å²) in [7, 11) is 0. The Kier molecular flexibility index (Phi) is 4.28. The molecule has 0 radical (unpaired) electrons. The summed E-state index contributed by atoms with van der Waals surface area (Å²) < 4.78 is 5.04. The lowest BCUT2D eigenvalue weighted by atomic mass is 10.2. The molecule has 0 aliphatic rings.